The van der Waals surface area contributed by atoms with Crippen LogP contribution in [0.2, 0.25) is 0 Å². The van der Waals surface area contributed by atoms with Crippen LogP contribution >= 0.6 is 23.1 Å². The van der Waals surface area contributed by atoms with Gasteiger partial charge in [0.05, 0.1) is 21.5 Å². The molecule has 0 saturated heterocycles. The predicted octanol–water partition coefficient (Wildman–Crippen LogP) is 4.80. The zero-order valence-electron chi connectivity index (χ0n) is 15.2. The molecule has 138 valence electrons. The van der Waals surface area contributed by atoms with Crippen molar-refractivity contribution in [2.24, 2.45) is 0 Å². The van der Waals surface area contributed by atoms with E-state index >= 15 is 0 Å². The Morgan fingerprint density at radius 2 is 2.00 bits per heavy atom. The van der Waals surface area contributed by atoms with Crippen LogP contribution in [0.15, 0.2) is 46.8 Å². The summed E-state index contributed by atoms with van der Waals surface area (Å²) in [6.45, 7) is 4.16. The van der Waals surface area contributed by atoms with Gasteiger partial charge < -0.3 is 5.32 Å². The van der Waals surface area contributed by atoms with E-state index in [9.17, 15) is 4.79 Å². The summed E-state index contributed by atoms with van der Waals surface area (Å²) >= 11 is 3.13. The van der Waals surface area contributed by atoms with Crippen LogP contribution in [0, 0.1) is 0 Å². The van der Waals surface area contributed by atoms with Gasteiger partial charge in [-0.1, -0.05) is 43.8 Å². The summed E-state index contributed by atoms with van der Waals surface area (Å²) in [6.07, 6.45) is 1.69. The molecule has 0 aliphatic carbocycles. The number of nitrogens with one attached hydrogen (secondary N) is 1. The molecule has 4 rings (SSSR count). The number of hydrogen-bond acceptors (Lipinski definition) is 5. The number of thiophene rings is 1. The van der Waals surface area contributed by atoms with Gasteiger partial charge in [0.1, 0.15) is 10.9 Å². The van der Waals surface area contributed by atoms with Gasteiger partial charge in [-0.25, -0.2) is 0 Å². The van der Waals surface area contributed by atoms with Gasteiger partial charge in [-0.2, -0.15) is 0 Å². The lowest BCUT2D eigenvalue weighted by molar-refractivity contribution is -0.113. The highest BCUT2D eigenvalue weighted by Crippen LogP contribution is 2.31. The minimum absolute atomic E-state index is 0.0335. The molecule has 0 aliphatic heterocycles. The summed E-state index contributed by atoms with van der Waals surface area (Å²) < 4.78 is 3.37. The summed E-state index contributed by atoms with van der Waals surface area (Å²) in [4.78, 5) is 12.5. The summed E-state index contributed by atoms with van der Waals surface area (Å²) in [6, 6.07) is 12.2. The number of nitrogens with zero attached hydrogens (tertiary/aromatic N) is 3. The molecule has 7 heteroatoms. The third kappa shape index (κ3) is 3.44. The van der Waals surface area contributed by atoms with Crippen LogP contribution in [0.25, 0.3) is 15.7 Å². The summed E-state index contributed by atoms with van der Waals surface area (Å²) in [5.74, 6) is 1.20. The molecule has 0 unspecified atom stereocenters. The second-order valence-corrected chi connectivity index (χ2v) is 8.07. The molecule has 1 amide bonds. The van der Waals surface area contributed by atoms with Crippen LogP contribution in [0.5, 0.6) is 0 Å². The normalized spacial score (nSPS) is 11.3. The van der Waals surface area contributed by atoms with E-state index in [0.29, 0.717) is 5.75 Å². The zero-order valence-corrected chi connectivity index (χ0v) is 16.9. The van der Waals surface area contributed by atoms with E-state index in [1.165, 1.54) is 16.5 Å². The average molecular weight is 397 g/mol. The number of thioether (sulfide) groups is 1. The minimum Gasteiger partial charge on any atom is -0.325 e. The van der Waals surface area contributed by atoms with Crippen LogP contribution < -0.4 is 5.32 Å². The van der Waals surface area contributed by atoms with Crippen molar-refractivity contribution in [3.05, 3.63) is 53.2 Å². The van der Waals surface area contributed by atoms with Crippen LogP contribution in [-0.4, -0.2) is 26.3 Å². The largest absolute Gasteiger partial charge is 0.325 e. The van der Waals surface area contributed by atoms with Gasteiger partial charge in [0.2, 0.25) is 5.91 Å². The molecule has 3 heterocycles. The Hall–Kier alpha value is -2.38. The van der Waals surface area contributed by atoms with E-state index in [2.05, 4.69) is 51.3 Å². The predicted molar refractivity (Wildman–Crippen MR) is 113 cm³/mol. The molecule has 3 aromatic heterocycles. The van der Waals surface area contributed by atoms with Crippen molar-refractivity contribution in [3.8, 4) is 0 Å². The molecule has 0 radical (unpaired) electrons. The van der Waals surface area contributed by atoms with Crippen LogP contribution in [0.3, 0.4) is 0 Å². The molecule has 5 nitrogen and oxygen atoms in total. The molecule has 27 heavy (non-hydrogen) atoms. The van der Waals surface area contributed by atoms with Gasteiger partial charge in [0.25, 0.3) is 0 Å². The number of carbonyl (C=O) groups is 1. The number of aryl methyl sites for hydroxylation is 2. The number of fused-ring (bicyclic) bond motifs is 3. The summed E-state index contributed by atoms with van der Waals surface area (Å²) in [5, 5.41) is 14.6. The van der Waals surface area contributed by atoms with Gasteiger partial charge in [-0.3, -0.25) is 9.20 Å². The zero-order chi connectivity index (χ0) is 18.8. The number of aromatic nitrogens is 3. The van der Waals surface area contributed by atoms with E-state index in [-0.39, 0.29) is 5.91 Å². The number of para-hydroxylation sites is 1. The maximum Gasteiger partial charge on any atom is 0.234 e. The van der Waals surface area contributed by atoms with E-state index in [1.807, 2.05) is 24.3 Å². The number of amides is 1. The molecule has 0 aliphatic rings. The van der Waals surface area contributed by atoms with Gasteiger partial charge in [-0.05, 0) is 35.6 Å². The molecular formula is C20H20N4OS2. The maximum atomic E-state index is 12.5. The molecular weight excluding hydrogens is 376 g/mol. The van der Waals surface area contributed by atoms with Gasteiger partial charge in [0.15, 0.2) is 0 Å². The molecule has 4 aromatic rings. The van der Waals surface area contributed by atoms with Crippen molar-refractivity contribution in [1.82, 2.24) is 14.6 Å². The van der Waals surface area contributed by atoms with Crippen molar-refractivity contribution in [2.75, 3.05) is 11.1 Å². The Morgan fingerprint density at radius 1 is 1.15 bits per heavy atom. The molecule has 1 aromatic carbocycles. The number of hydrogen-bond donors (Lipinski definition) is 1. The fourth-order valence-corrected chi connectivity index (χ4v) is 4.70. The quantitative estimate of drug-likeness (QED) is 0.476. The molecule has 1 N–H and O–H groups in total. The monoisotopic (exact) mass is 396 g/mol. The van der Waals surface area contributed by atoms with Gasteiger partial charge >= 0.3 is 0 Å². The highest BCUT2D eigenvalue weighted by Gasteiger charge is 2.15. The first kappa shape index (κ1) is 18.0. The second-order valence-electron chi connectivity index (χ2n) is 6.16. The fraction of sp³-hybridized carbons (Fsp3) is 0.250. The lowest BCUT2D eigenvalue weighted by atomic mass is 10.1. The van der Waals surface area contributed by atoms with Gasteiger partial charge in [0, 0.05) is 12.1 Å². The van der Waals surface area contributed by atoms with Crippen LogP contribution in [0.1, 0.15) is 25.2 Å². The number of carbonyl (C=O) groups excluding carboxylic acids is 1. The third-order valence-corrected chi connectivity index (χ3v) is 6.31. The van der Waals surface area contributed by atoms with Crippen molar-refractivity contribution >= 4 is 50.4 Å². The topological polar surface area (TPSA) is 59.3 Å². The number of rotatable bonds is 6. The Morgan fingerprint density at radius 3 is 2.81 bits per heavy atom. The molecule has 0 atom stereocenters. The highest BCUT2D eigenvalue weighted by atomic mass is 32.2. The molecule has 0 saturated carbocycles. The maximum absolute atomic E-state index is 12.5. The van der Waals surface area contributed by atoms with Gasteiger partial charge in [-0.15, -0.1) is 21.5 Å². The first-order valence-corrected chi connectivity index (χ1v) is 10.8. The van der Waals surface area contributed by atoms with E-state index < -0.39 is 0 Å². The summed E-state index contributed by atoms with van der Waals surface area (Å²) in [7, 11) is 0. The number of benzene rings is 1. The van der Waals surface area contributed by atoms with Crippen LogP contribution in [-0.2, 0) is 17.6 Å². The van der Waals surface area contributed by atoms with Crippen molar-refractivity contribution in [1.29, 1.82) is 0 Å². The van der Waals surface area contributed by atoms with E-state index in [1.54, 1.807) is 11.3 Å². The third-order valence-electron chi connectivity index (χ3n) is 4.49. The van der Waals surface area contributed by atoms with Crippen LogP contribution in [0.4, 0.5) is 5.69 Å². The minimum atomic E-state index is -0.0335. The Balaban J connectivity index is 1.56. The molecule has 0 spiro atoms. The fourth-order valence-electron chi connectivity index (χ4n) is 3.16. The van der Waals surface area contributed by atoms with Crippen molar-refractivity contribution in [3.63, 3.8) is 0 Å². The summed E-state index contributed by atoms with van der Waals surface area (Å²) in [5.41, 5.74) is 4.20. The lowest BCUT2D eigenvalue weighted by Gasteiger charge is -2.10. The molecule has 0 fully saturated rings. The van der Waals surface area contributed by atoms with E-state index in [4.69, 9.17) is 0 Å². The molecule has 0 bridgehead atoms. The number of anilines is 1. The SMILES string of the molecule is CCc1ccccc1NC(=O)CSc1nnc(CC)n2c1cc1sccc12. The highest BCUT2D eigenvalue weighted by molar-refractivity contribution is 8.00. The standard InChI is InChI=1S/C20H20N4OS2/c1-3-13-7-5-6-8-14(13)21-19(25)12-27-20-16-11-17-15(9-10-26-17)24(16)18(4-2)22-23-20/h5-11H,3-4,12H2,1-2H3,(H,21,25). The Kier molecular flexibility index (Phi) is 5.13. The van der Waals surface area contributed by atoms with E-state index in [0.717, 1.165) is 46.0 Å². The first-order valence-electron chi connectivity index (χ1n) is 8.96. The van der Waals surface area contributed by atoms with Crippen molar-refractivity contribution in [2.45, 2.75) is 31.7 Å². The first-order chi connectivity index (χ1) is 13.2. The second kappa shape index (κ2) is 7.70. The van der Waals surface area contributed by atoms with Crippen molar-refractivity contribution < 1.29 is 4.79 Å². The average Bonchev–Trinajstić information content (AvgIpc) is 3.28. The lowest BCUT2D eigenvalue weighted by Crippen LogP contribution is -2.15. The Bertz CT molecular complexity index is 1120. The Labute approximate surface area is 165 Å². The smallest absolute Gasteiger partial charge is 0.234 e.